The maximum atomic E-state index is 13.2. The Kier molecular flexibility index (Phi) is 5.76. The number of carbonyl (C=O) groups excluding carboxylic acids is 1. The molecule has 1 rings (SSSR count). The summed E-state index contributed by atoms with van der Waals surface area (Å²) in [5.41, 5.74) is 0.980. The SMILES string of the molecule is CC(C)C(C)NC(=O)NCc1ccc(F)c(CO)c1. The van der Waals surface area contributed by atoms with Crippen molar-refractivity contribution >= 4 is 6.03 Å². The normalized spacial score (nSPS) is 12.3. The average Bonchev–Trinajstić information content (AvgIpc) is 2.37. The van der Waals surface area contributed by atoms with E-state index in [1.807, 2.05) is 20.8 Å². The lowest BCUT2D eigenvalue weighted by molar-refractivity contribution is 0.234. The molecule has 0 saturated heterocycles. The maximum absolute atomic E-state index is 13.2. The number of nitrogens with one attached hydrogen (secondary N) is 2. The van der Waals surface area contributed by atoms with Crippen LogP contribution in [0.1, 0.15) is 31.9 Å². The fraction of sp³-hybridized carbons (Fsp3) is 0.500. The molecule has 0 bridgehead atoms. The molecule has 2 amide bonds. The van der Waals surface area contributed by atoms with E-state index in [1.54, 1.807) is 12.1 Å². The Labute approximate surface area is 113 Å². The van der Waals surface area contributed by atoms with Crippen molar-refractivity contribution in [2.75, 3.05) is 0 Å². The molecule has 5 heteroatoms. The van der Waals surface area contributed by atoms with Crippen LogP contribution < -0.4 is 10.6 Å². The highest BCUT2D eigenvalue weighted by atomic mass is 19.1. The highest BCUT2D eigenvalue weighted by molar-refractivity contribution is 5.74. The first-order valence-corrected chi connectivity index (χ1v) is 6.36. The Morgan fingerprint density at radius 2 is 2.05 bits per heavy atom. The lowest BCUT2D eigenvalue weighted by atomic mass is 10.1. The first-order chi connectivity index (χ1) is 8.93. The molecule has 3 N–H and O–H groups in total. The first kappa shape index (κ1) is 15.4. The van der Waals surface area contributed by atoms with Crippen LogP contribution in [0.15, 0.2) is 18.2 Å². The number of rotatable bonds is 5. The second-order valence-electron chi connectivity index (χ2n) is 4.94. The average molecular weight is 268 g/mol. The lowest BCUT2D eigenvalue weighted by Crippen LogP contribution is -2.42. The van der Waals surface area contributed by atoms with Gasteiger partial charge in [0.05, 0.1) is 6.61 Å². The highest BCUT2D eigenvalue weighted by Gasteiger charge is 2.10. The molecular formula is C14H21FN2O2. The van der Waals surface area contributed by atoms with Crippen molar-refractivity contribution in [2.45, 2.75) is 40.0 Å². The Morgan fingerprint density at radius 1 is 1.37 bits per heavy atom. The molecule has 0 heterocycles. The molecule has 1 unspecified atom stereocenters. The van der Waals surface area contributed by atoms with Gasteiger partial charge in [-0.05, 0) is 30.5 Å². The number of urea groups is 1. The third-order valence-corrected chi connectivity index (χ3v) is 3.09. The third kappa shape index (κ3) is 4.87. The highest BCUT2D eigenvalue weighted by Crippen LogP contribution is 2.10. The van der Waals surface area contributed by atoms with E-state index in [2.05, 4.69) is 10.6 Å². The molecule has 106 valence electrons. The second kappa shape index (κ2) is 7.09. The molecule has 0 aliphatic heterocycles. The van der Waals surface area contributed by atoms with Crippen LogP contribution in [0.4, 0.5) is 9.18 Å². The maximum Gasteiger partial charge on any atom is 0.315 e. The predicted molar refractivity (Wildman–Crippen MR) is 72.0 cm³/mol. The fourth-order valence-electron chi connectivity index (χ4n) is 1.47. The number of benzene rings is 1. The summed E-state index contributed by atoms with van der Waals surface area (Å²) in [6.45, 7) is 5.93. The quantitative estimate of drug-likeness (QED) is 0.766. The number of halogens is 1. The van der Waals surface area contributed by atoms with E-state index < -0.39 is 5.82 Å². The molecule has 0 fully saturated rings. The largest absolute Gasteiger partial charge is 0.392 e. The lowest BCUT2D eigenvalue weighted by Gasteiger charge is -2.17. The summed E-state index contributed by atoms with van der Waals surface area (Å²) in [7, 11) is 0. The standard InChI is InChI=1S/C14H21FN2O2/c1-9(2)10(3)17-14(19)16-7-11-4-5-13(15)12(6-11)8-18/h4-6,9-10,18H,7-8H2,1-3H3,(H2,16,17,19). The van der Waals surface area contributed by atoms with Crippen molar-refractivity contribution in [1.82, 2.24) is 10.6 Å². The van der Waals surface area contributed by atoms with Crippen molar-refractivity contribution < 1.29 is 14.3 Å². The van der Waals surface area contributed by atoms with E-state index in [0.29, 0.717) is 12.5 Å². The molecule has 4 nitrogen and oxygen atoms in total. The topological polar surface area (TPSA) is 61.4 Å². The van der Waals surface area contributed by atoms with Crippen LogP contribution in [0.25, 0.3) is 0 Å². The molecule has 1 atom stereocenters. The molecule has 1 aromatic carbocycles. The van der Waals surface area contributed by atoms with Gasteiger partial charge < -0.3 is 15.7 Å². The Morgan fingerprint density at radius 3 is 2.63 bits per heavy atom. The van der Waals surface area contributed by atoms with Gasteiger partial charge in [0, 0.05) is 18.2 Å². The minimum absolute atomic E-state index is 0.0845. The predicted octanol–water partition coefficient (Wildman–Crippen LogP) is 2.16. The van der Waals surface area contributed by atoms with Crippen molar-refractivity contribution in [2.24, 2.45) is 5.92 Å². The molecule has 0 spiro atoms. The summed E-state index contributed by atoms with van der Waals surface area (Å²) in [6.07, 6.45) is 0. The van der Waals surface area contributed by atoms with Crippen LogP contribution in [-0.4, -0.2) is 17.2 Å². The zero-order valence-corrected chi connectivity index (χ0v) is 11.5. The molecular weight excluding hydrogens is 247 g/mol. The first-order valence-electron chi connectivity index (χ1n) is 6.36. The van der Waals surface area contributed by atoms with E-state index in [4.69, 9.17) is 5.11 Å². The summed E-state index contributed by atoms with van der Waals surface area (Å²) in [4.78, 5) is 11.6. The number of amides is 2. The Hall–Kier alpha value is -1.62. The van der Waals surface area contributed by atoms with E-state index in [9.17, 15) is 9.18 Å². The number of aliphatic hydroxyl groups excluding tert-OH is 1. The monoisotopic (exact) mass is 268 g/mol. The van der Waals surface area contributed by atoms with Gasteiger partial charge in [-0.1, -0.05) is 19.9 Å². The van der Waals surface area contributed by atoms with Crippen LogP contribution in [0, 0.1) is 11.7 Å². The summed E-state index contributed by atoms with van der Waals surface area (Å²) in [6, 6.07) is 4.25. The minimum atomic E-state index is -0.441. The number of aliphatic hydroxyl groups is 1. The van der Waals surface area contributed by atoms with Gasteiger partial charge in [-0.25, -0.2) is 9.18 Å². The van der Waals surface area contributed by atoms with Crippen molar-refractivity contribution in [1.29, 1.82) is 0 Å². The summed E-state index contributed by atoms with van der Waals surface area (Å²) >= 11 is 0. The summed E-state index contributed by atoms with van der Waals surface area (Å²) in [5.74, 6) is -0.0818. The Bertz CT molecular complexity index is 435. The van der Waals surface area contributed by atoms with Gasteiger partial charge in [0.1, 0.15) is 5.82 Å². The van der Waals surface area contributed by atoms with Crippen LogP contribution in [0.2, 0.25) is 0 Å². The molecule has 1 aromatic rings. The van der Waals surface area contributed by atoms with Gasteiger partial charge in [0.25, 0.3) is 0 Å². The smallest absolute Gasteiger partial charge is 0.315 e. The Balaban J connectivity index is 2.50. The zero-order valence-electron chi connectivity index (χ0n) is 11.5. The van der Waals surface area contributed by atoms with Crippen LogP contribution in [0.5, 0.6) is 0 Å². The molecule has 0 saturated carbocycles. The van der Waals surface area contributed by atoms with Gasteiger partial charge in [0.15, 0.2) is 0 Å². The van der Waals surface area contributed by atoms with Crippen molar-refractivity contribution in [3.8, 4) is 0 Å². The fourth-order valence-corrected chi connectivity index (χ4v) is 1.47. The van der Waals surface area contributed by atoms with E-state index in [0.717, 1.165) is 5.56 Å². The molecule has 0 aliphatic rings. The van der Waals surface area contributed by atoms with E-state index in [-0.39, 0.29) is 24.2 Å². The number of hydrogen-bond donors (Lipinski definition) is 3. The van der Waals surface area contributed by atoms with Crippen LogP contribution in [-0.2, 0) is 13.2 Å². The van der Waals surface area contributed by atoms with Gasteiger partial charge in [-0.3, -0.25) is 0 Å². The van der Waals surface area contributed by atoms with E-state index in [1.165, 1.54) is 6.07 Å². The third-order valence-electron chi connectivity index (χ3n) is 3.09. The summed E-state index contributed by atoms with van der Waals surface area (Å²) in [5, 5.41) is 14.5. The molecule has 0 radical (unpaired) electrons. The molecule has 0 aliphatic carbocycles. The van der Waals surface area contributed by atoms with Crippen molar-refractivity contribution in [3.05, 3.63) is 35.1 Å². The van der Waals surface area contributed by atoms with E-state index >= 15 is 0 Å². The molecule has 0 aromatic heterocycles. The minimum Gasteiger partial charge on any atom is -0.392 e. The van der Waals surface area contributed by atoms with Gasteiger partial charge in [0.2, 0.25) is 0 Å². The molecule has 19 heavy (non-hydrogen) atoms. The summed E-state index contributed by atoms with van der Waals surface area (Å²) < 4.78 is 13.2. The van der Waals surface area contributed by atoms with Gasteiger partial charge in [-0.2, -0.15) is 0 Å². The second-order valence-corrected chi connectivity index (χ2v) is 4.94. The number of carbonyl (C=O) groups is 1. The van der Waals surface area contributed by atoms with Crippen molar-refractivity contribution in [3.63, 3.8) is 0 Å². The van der Waals surface area contributed by atoms with Gasteiger partial charge in [-0.15, -0.1) is 0 Å². The zero-order chi connectivity index (χ0) is 14.4. The number of hydrogen-bond acceptors (Lipinski definition) is 2. The van der Waals surface area contributed by atoms with Crippen LogP contribution in [0.3, 0.4) is 0 Å². The van der Waals surface area contributed by atoms with Gasteiger partial charge >= 0.3 is 6.03 Å². The van der Waals surface area contributed by atoms with Crippen LogP contribution >= 0.6 is 0 Å².